The molecule has 3 rings (SSSR count). The molecular formula is C36H44ClKN6O10. The Bertz CT molecular complexity index is 1930. The number of aliphatic hydroxyl groups is 1. The Morgan fingerprint density at radius 3 is 1.28 bits per heavy atom. The van der Waals surface area contributed by atoms with Gasteiger partial charge in [0.15, 0.2) is 30.2 Å². The molecule has 0 aliphatic carbocycles. The van der Waals surface area contributed by atoms with Gasteiger partial charge in [0, 0.05) is 0 Å². The number of aromatic nitrogens is 6. The summed E-state index contributed by atoms with van der Waals surface area (Å²) in [6.45, 7) is 8.46. The van der Waals surface area contributed by atoms with E-state index in [1.807, 2.05) is 5.92 Å². The van der Waals surface area contributed by atoms with Crippen LogP contribution in [0.15, 0.2) is 37.2 Å². The van der Waals surface area contributed by atoms with E-state index in [-0.39, 0.29) is 85.4 Å². The van der Waals surface area contributed by atoms with Crippen LogP contribution < -0.4 is 66.0 Å². The van der Waals surface area contributed by atoms with Gasteiger partial charge in [0.1, 0.15) is 22.9 Å². The SMILES string of the molecule is CC(C)(C)OC(=O)c1cnc(Cl)cn1.CC(C)(C)[O-].[2H]C([2H])(C#C)Oc1cnc(C(=O)O)cn1.[2H]C([2H])(C#C)Oc1cnc(C(=O)OC(C)(C)C)cn1.[2H]C([2H])(O)C#C.[K+]. The van der Waals surface area contributed by atoms with Crippen LogP contribution >= 0.6 is 11.6 Å². The first kappa shape index (κ1) is 42.5. The van der Waals surface area contributed by atoms with Crippen molar-refractivity contribution >= 4 is 29.5 Å². The van der Waals surface area contributed by atoms with Gasteiger partial charge in [-0.3, -0.25) is 0 Å². The molecule has 18 heteroatoms. The zero-order chi connectivity index (χ0) is 46.6. The number of rotatable bonds is 7. The number of carbonyl (C=O) groups excluding carboxylic acids is 2. The number of aromatic carboxylic acids is 1. The number of nitrogens with zero attached hydrogens (tertiary/aromatic N) is 6. The van der Waals surface area contributed by atoms with E-state index < -0.39 is 54.4 Å². The van der Waals surface area contributed by atoms with Crippen LogP contribution in [0.5, 0.6) is 11.8 Å². The minimum absolute atomic E-state index is 0. The van der Waals surface area contributed by atoms with E-state index in [0.717, 1.165) is 24.8 Å². The van der Waals surface area contributed by atoms with Crippen molar-refractivity contribution in [1.29, 1.82) is 0 Å². The molecule has 2 N–H and O–H groups in total. The summed E-state index contributed by atoms with van der Waals surface area (Å²) in [5.41, 5.74) is -2.01. The average molecular weight is 801 g/mol. The maximum Gasteiger partial charge on any atom is 1.00 e. The van der Waals surface area contributed by atoms with Crippen molar-refractivity contribution in [2.75, 3.05) is 19.7 Å². The normalized spacial score (nSPS) is 12.2. The molecule has 0 amide bonds. The quantitative estimate of drug-likeness (QED) is 0.188. The fraction of sp³-hybridized carbons (Fsp3) is 0.417. The molecule has 0 saturated carbocycles. The molecular weight excluding hydrogens is 751 g/mol. The van der Waals surface area contributed by atoms with Crippen LogP contribution in [0, 0.1) is 37.0 Å². The summed E-state index contributed by atoms with van der Waals surface area (Å²) in [6.07, 6.45) is 21.0. The van der Waals surface area contributed by atoms with Crippen LogP contribution in [0.1, 0.15) is 102 Å². The Labute approximate surface area is 372 Å². The van der Waals surface area contributed by atoms with Gasteiger partial charge in [-0.2, -0.15) is 0 Å². The topological polar surface area (TPSA) is 229 Å². The molecule has 0 aromatic carbocycles. The van der Waals surface area contributed by atoms with Gasteiger partial charge in [0.05, 0.1) is 45.4 Å². The molecule has 0 aliphatic rings. The molecule has 0 radical (unpaired) electrons. The van der Waals surface area contributed by atoms with E-state index in [9.17, 15) is 19.5 Å². The van der Waals surface area contributed by atoms with Gasteiger partial charge < -0.3 is 34.3 Å². The Hall–Kier alpha value is -4.22. The largest absolute Gasteiger partial charge is 1.00 e. The van der Waals surface area contributed by atoms with Crippen molar-refractivity contribution in [2.45, 2.75) is 79.1 Å². The predicted octanol–water partition coefficient (Wildman–Crippen LogP) is 0.477. The minimum atomic E-state index is -2.43. The van der Waals surface area contributed by atoms with E-state index in [2.05, 4.69) is 41.1 Å². The standard InChI is InChI=1S/C12H14N2O3.C9H11ClN2O2.C8H6N2O3.C4H9O.C3H4O.K/c1-5-6-16-10-8-13-9(7-14-10)11(15)17-12(2,3)4;1-9(2,3)14-8(13)6-4-12-7(10)5-11-6;1-2-3-13-7-5-9-6(4-10-7)8(11)12;1-4(2,3)5;1-2-3-4;/h1,7-8H,6H2,2-4H3;4-5H,1-3H3;1,4-5H,3H2,(H,11,12);1-3H3;1,4H,3H2;/q;;;-1;;+1/i6D2;;3D2;;3D2;. The molecule has 286 valence electrons. The van der Waals surface area contributed by atoms with E-state index in [1.54, 1.807) is 68.2 Å². The number of hydrogen-bond donors (Lipinski definition) is 2. The van der Waals surface area contributed by atoms with Gasteiger partial charge in [-0.05, 0) is 41.5 Å². The number of carboxylic acids is 1. The molecule has 0 saturated heterocycles. The summed E-state index contributed by atoms with van der Waals surface area (Å²) in [5, 5.41) is 26.8. The van der Waals surface area contributed by atoms with Crippen LogP contribution in [0.3, 0.4) is 0 Å². The minimum Gasteiger partial charge on any atom is -0.850 e. The summed E-state index contributed by atoms with van der Waals surface area (Å²) < 4.78 is 60.5. The average Bonchev–Trinajstić information content (AvgIpc) is 3.07. The summed E-state index contributed by atoms with van der Waals surface area (Å²) >= 11 is 5.52. The van der Waals surface area contributed by atoms with Crippen molar-refractivity contribution in [3.63, 3.8) is 0 Å². The van der Waals surface area contributed by atoms with Crippen molar-refractivity contribution in [1.82, 2.24) is 29.9 Å². The van der Waals surface area contributed by atoms with Gasteiger partial charge in [-0.15, -0.1) is 24.9 Å². The van der Waals surface area contributed by atoms with Crippen molar-refractivity contribution in [3.8, 4) is 48.8 Å². The molecule has 3 heterocycles. The van der Waals surface area contributed by atoms with Crippen LogP contribution in [-0.2, 0) is 9.47 Å². The molecule has 0 fully saturated rings. The molecule has 0 unspecified atom stereocenters. The van der Waals surface area contributed by atoms with E-state index in [0.29, 0.717) is 0 Å². The predicted molar refractivity (Wildman–Crippen MR) is 193 cm³/mol. The van der Waals surface area contributed by atoms with Gasteiger partial charge in [-0.1, -0.05) is 50.1 Å². The van der Waals surface area contributed by atoms with Crippen LogP contribution in [0.25, 0.3) is 0 Å². The zero-order valence-corrected chi connectivity index (χ0v) is 35.3. The third-order valence-corrected chi connectivity index (χ3v) is 4.00. The Kier molecular flexibility index (Phi) is 22.2. The number of hydrogen-bond acceptors (Lipinski definition) is 15. The van der Waals surface area contributed by atoms with Gasteiger partial charge in [0.2, 0.25) is 11.8 Å². The first-order valence-corrected chi connectivity index (χ1v) is 15.0. The smallest absolute Gasteiger partial charge is 0.850 e. The molecule has 0 atom stereocenters. The first-order valence-electron chi connectivity index (χ1n) is 17.6. The van der Waals surface area contributed by atoms with Gasteiger partial charge >= 0.3 is 69.3 Å². The van der Waals surface area contributed by atoms with E-state index in [4.69, 9.17) is 57.1 Å². The third-order valence-electron chi connectivity index (χ3n) is 3.81. The van der Waals surface area contributed by atoms with Gasteiger partial charge in [0.25, 0.3) is 0 Å². The number of esters is 2. The number of ether oxygens (including phenoxy) is 4. The number of carboxylic acid groups (broad SMARTS) is 1. The van der Waals surface area contributed by atoms with Crippen LogP contribution in [-0.4, -0.2) is 94.5 Å². The van der Waals surface area contributed by atoms with Crippen molar-refractivity contribution < 1.29 is 108 Å². The summed E-state index contributed by atoms with van der Waals surface area (Å²) in [6, 6.07) is 0. The molecule has 0 spiro atoms. The maximum atomic E-state index is 11.6. The number of carbonyl (C=O) groups is 3. The first-order chi connectivity index (χ1) is 26.5. The number of terminal acetylenes is 3. The molecule has 0 bridgehead atoms. The van der Waals surface area contributed by atoms with Crippen molar-refractivity contribution in [3.05, 3.63) is 59.4 Å². The second-order valence-electron chi connectivity index (χ2n) is 12.1. The molecule has 54 heavy (non-hydrogen) atoms. The molecule has 3 aromatic rings. The second kappa shape index (κ2) is 28.3. The second-order valence-corrected chi connectivity index (χ2v) is 12.5. The van der Waals surface area contributed by atoms with E-state index in [1.165, 1.54) is 18.3 Å². The Morgan fingerprint density at radius 2 is 1.04 bits per heavy atom. The third kappa shape index (κ3) is 32.4. The summed E-state index contributed by atoms with van der Waals surface area (Å²) in [4.78, 5) is 55.5. The molecule has 3 aromatic heterocycles. The van der Waals surface area contributed by atoms with Crippen molar-refractivity contribution in [2.24, 2.45) is 0 Å². The van der Waals surface area contributed by atoms with Gasteiger partial charge in [-0.25, -0.2) is 44.3 Å². The monoisotopic (exact) mass is 800 g/mol. The Balaban J connectivity index is -0.000000722. The molecule has 0 aliphatic heterocycles. The number of halogens is 1. The zero-order valence-electron chi connectivity index (χ0n) is 37.4. The fourth-order valence-electron chi connectivity index (χ4n) is 2.20. The van der Waals surface area contributed by atoms with Crippen LogP contribution in [0.2, 0.25) is 5.15 Å². The molecule has 16 nitrogen and oxygen atoms in total. The summed E-state index contributed by atoms with van der Waals surface area (Å²) in [5.74, 6) is 2.42. The fourth-order valence-corrected chi connectivity index (χ4v) is 2.29. The van der Waals surface area contributed by atoms with E-state index >= 15 is 0 Å². The summed E-state index contributed by atoms with van der Waals surface area (Å²) in [7, 11) is 0. The maximum absolute atomic E-state index is 11.6. The Morgan fingerprint density at radius 1 is 0.704 bits per heavy atom. The van der Waals surface area contributed by atoms with Crippen LogP contribution in [0.4, 0.5) is 0 Å².